The number of nitrogens with two attached hydrogens (primary N) is 2. The molecule has 8 heteroatoms. The number of hydrogen-bond acceptors (Lipinski definition) is 4. The topological polar surface area (TPSA) is 140 Å². The molecule has 0 aliphatic heterocycles. The molecule has 0 aromatic heterocycles. The van der Waals surface area contributed by atoms with Crippen molar-refractivity contribution in [2.75, 3.05) is 6.26 Å². The first kappa shape index (κ1) is 18.1. The van der Waals surface area contributed by atoms with Gasteiger partial charge in [-0.2, -0.15) is 0 Å². The largest absolute Gasteiger partial charge is 0.748 e. The lowest BCUT2D eigenvalue weighted by Gasteiger charge is -2.09. The summed E-state index contributed by atoms with van der Waals surface area (Å²) in [7, 11) is -3.92. The second-order valence-electron chi connectivity index (χ2n) is 5.35. The summed E-state index contributed by atoms with van der Waals surface area (Å²) in [5.74, 6) is 0.158. The molecule has 0 spiro atoms. The van der Waals surface area contributed by atoms with E-state index in [2.05, 4.69) is 30.1 Å². The zero-order valence-electron chi connectivity index (χ0n) is 12.6. The summed E-state index contributed by atoms with van der Waals surface area (Å²) >= 11 is 0. The van der Waals surface area contributed by atoms with Gasteiger partial charge in [-0.15, -0.1) is 0 Å². The number of nitrogens with one attached hydrogen (secondary N) is 1. The van der Waals surface area contributed by atoms with Crippen LogP contribution >= 0.6 is 0 Å². The number of aryl methyl sites for hydroxylation is 2. The van der Waals surface area contributed by atoms with Gasteiger partial charge >= 0.3 is 5.96 Å². The molecule has 5 N–H and O–H groups in total. The minimum atomic E-state index is -3.92. The molecule has 1 aromatic carbocycles. The van der Waals surface area contributed by atoms with E-state index < -0.39 is 10.1 Å². The first-order valence-corrected chi connectivity index (χ1v) is 8.56. The summed E-state index contributed by atoms with van der Waals surface area (Å²) in [5, 5.41) is 0. The Hall–Kier alpha value is -1.93. The summed E-state index contributed by atoms with van der Waals surface area (Å²) in [6.07, 6.45) is 3.13. The van der Waals surface area contributed by atoms with Gasteiger partial charge in [-0.25, -0.2) is 13.4 Å². The van der Waals surface area contributed by atoms with Crippen molar-refractivity contribution in [2.45, 2.75) is 32.1 Å². The number of fused-ring (bicyclic) bond motifs is 1. The zero-order valence-corrected chi connectivity index (χ0v) is 13.4. The monoisotopic (exact) mass is 327 g/mol. The number of benzene rings is 1. The smallest absolute Gasteiger partial charge is 0.346 e. The molecule has 0 saturated carbocycles. The van der Waals surface area contributed by atoms with Gasteiger partial charge in [0.25, 0.3) is 5.91 Å². The molecule has 1 aliphatic carbocycles. The normalized spacial score (nSPS) is 16.2. The first-order valence-electron chi connectivity index (χ1n) is 6.74. The van der Waals surface area contributed by atoms with Crippen LogP contribution in [0.5, 0.6) is 0 Å². The highest BCUT2D eigenvalue weighted by molar-refractivity contribution is 7.84. The number of carbonyl (C=O) groups excluding carboxylic acids is 1. The third-order valence-corrected chi connectivity index (χ3v) is 3.22. The maximum absolute atomic E-state index is 11.6. The summed E-state index contributed by atoms with van der Waals surface area (Å²) in [4.78, 5) is 14.1. The third kappa shape index (κ3) is 6.68. The van der Waals surface area contributed by atoms with Crippen LogP contribution in [0, 0.1) is 6.92 Å². The molecule has 2 rings (SSSR count). The van der Waals surface area contributed by atoms with Crippen LogP contribution in [0.1, 0.15) is 35.4 Å². The fourth-order valence-electron chi connectivity index (χ4n) is 2.46. The number of hydrogen-bond donors (Lipinski definition) is 3. The van der Waals surface area contributed by atoms with Gasteiger partial charge < -0.3 is 4.55 Å². The summed E-state index contributed by atoms with van der Waals surface area (Å²) < 4.78 is 27.2. The molecule has 0 heterocycles. The van der Waals surface area contributed by atoms with Gasteiger partial charge in [0.1, 0.15) is 0 Å². The highest BCUT2D eigenvalue weighted by Gasteiger charge is 2.25. The highest BCUT2D eigenvalue weighted by Crippen LogP contribution is 2.35. The van der Waals surface area contributed by atoms with E-state index in [1.54, 1.807) is 0 Å². The molecule has 1 atom stereocenters. The van der Waals surface area contributed by atoms with Crippen molar-refractivity contribution in [3.8, 4) is 0 Å². The fourth-order valence-corrected chi connectivity index (χ4v) is 2.46. The highest BCUT2D eigenvalue weighted by atomic mass is 32.2. The Morgan fingerprint density at radius 1 is 1.41 bits per heavy atom. The molecule has 22 heavy (non-hydrogen) atoms. The van der Waals surface area contributed by atoms with Crippen LogP contribution in [0.25, 0.3) is 0 Å². The van der Waals surface area contributed by atoms with Gasteiger partial charge in [-0.05, 0) is 36.8 Å². The molecule has 1 aliphatic rings. The van der Waals surface area contributed by atoms with Gasteiger partial charge in [0.05, 0.1) is 10.1 Å². The van der Waals surface area contributed by atoms with E-state index in [1.165, 1.54) is 16.7 Å². The van der Waals surface area contributed by atoms with Gasteiger partial charge in [-0.1, -0.05) is 23.8 Å². The molecular formula is C14H21N3O4S. The molecule has 1 unspecified atom stereocenters. The van der Waals surface area contributed by atoms with E-state index in [-0.39, 0.29) is 11.9 Å². The first-order chi connectivity index (χ1) is 10.1. The number of rotatable bonds is 2. The zero-order chi connectivity index (χ0) is 16.9. The molecule has 122 valence electrons. The summed E-state index contributed by atoms with van der Waals surface area (Å²) in [6, 6.07) is 6.45. The molecule has 0 fully saturated rings. The van der Waals surface area contributed by atoms with Gasteiger partial charge in [0, 0.05) is 12.7 Å². The van der Waals surface area contributed by atoms with Crippen molar-refractivity contribution < 1.29 is 22.8 Å². The molecular weight excluding hydrogens is 306 g/mol. The Labute approximate surface area is 130 Å². The molecule has 1 amide bonds. The van der Waals surface area contributed by atoms with Gasteiger partial charge in [0.2, 0.25) is 0 Å². The predicted molar refractivity (Wildman–Crippen MR) is 81.8 cm³/mol. The lowest BCUT2D eigenvalue weighted by atomic mass is 9.96. The van der Waals surface area contributed by atoms with Gasteiger partial charge in [0.15, 0.2) is 0 Å². The van der Waals surface area contributed by atoms with Gasteiger partial charge in [-0.3, -0.25) is 16.3 Å². The van der Waals surface area contributed by atoms with Crippen molar-refractivity contribution in [3.05, 3.63) is 34.9 Å². The lowest BCUT2D eigenvalue weighted by molar-refractivity contribution is -0.380. The van der Waals surface area contributed by atoms with Crippen LogP contribution < -0.4 is 16.5 Å². The minimum Gasteiger partial charge on any atom is -0.748 e. The Balaban J connectivity index is 0.000000422. The molecule has 0 saturated heterocycles. The number of amides is 1. The van der Waals surface area contributed by atoms with Crippen LogP contribution in [0.2, 0.25) is 0 Å². The average Bonchev–Trinajstić information content (AvgIpc) is 2.68. The van der Waals surface area contributed by atoms with E-state index in [9.17, 15) is 4.79 Å². The number of carbonyl (C=O) groups is 1. The molecule has 1 aromatic rings. The molecule has 0 radical (unpaired) electrons. The Morgan fingerprint density at radius 3 is 2.55 bits per heavy atom. The Bertz CT molecular complexity index is 671. The SMILES string of the molecule is CS(=O)(=O)[O-].Cc1ccc2c(c1)C(CC(=O)[NH+]=C(N)N)CC2. The van der Waals surface area contributed by atoms with Crippen molar-refractivity contribution in [1.29, 1.82) is 0 Å². The van der Waals surface area contributed by atoms with E-state index in [4.69, 9.17) is 24.4 Å². The van der Waals surface area contributed by atoms with E-state index in [0.29, 0.717) is 18.6 Å². The maximum Gasteiger partial charge on any atom is 0.346 e. The summed E-state index contributed by atoms with van der Waals surface area (Å²) in [5.41, 5.74) is 14.4. The minimum absolute atomic E-state index is 0.0301. The Kier molecular flexibility index (Phi) is 6.07. The van der Waals surface area contributed by atoms with Crippen molar-refractivity contribution in [1.82, 2.24) is 0 Å². The van der Waals surface area contributed by atoms with E-state index in [0.717, 1.165) is 12.8 Å². The molecule has 0 bridgehead atoms. The van der Waals surface area contributed by atoms with E-state index in [1.807, 2.05) is 0 Å². The van der Waals surface area contributed by atoms with Crippen LogP contribution in [0.3, 0.4) is 0 Å². The second-order valence-corrected chi connectivity index (χ2v) is 6.76. The van der Waals surface area contributed by atoms with Crippen molar-refractivity contribution in [3.63, 3.8) is 0 Å². The van der Waals surface area contributed by atoms with Crippen molar-refractivity contribution in [2.24, 2.45) is 11.5 Å². The molecule has 7 nitrogen and oxygen atoms in total. The third-order valence-electron chi connectivity index (χ3n) is 3.22. The van der Waals surface area contributed by atoms with Crippen molar-refractivity contribution >= 4 is 22.0 Å². The standard InChI is InChI=1S/C13H17N3O.CH4O3S/c1-8-2-3-9-4-5-10(11(9)6-8)7-12(17)16-13(14)15;1-5(2,3)4/h2-3,6,10H,4-5,7H2,1H3,(H4,14,15,16,17);1H3,(H,2,3,4). The lowest BCUT2D eigenvalue weighted by Crippen LogP contribution is -2.81. The Morgan fingerprint density at radius 2 is 2.00 bits per heavy atom. The summed E-state index contributed by atoms with van der Waals surface area (Å²) in [6.45, 7) is 2.07. The van der Waals surface area contributed by atoms with Crippen LogP contribution in [-0.4, -0.2) is 31.1 Å². The quantitative estimate of drug-likeness (QED) is 0.341. The average molecular weight is 327 g/mol. The van der Waals surface area contributed by atoms with Crippen LogP contribution in [0.15, 0.2) is 18.2 Å². The fraction of sp³-hybridized carbons (Fsp3) is 0.429. The van der Waals surface area contributed by atoms with Crippen LogP contribution in [0.4, 0.5) is 0 Å². The van der Waals surface area contributed by atoms with Crippen LogP contribution in [-0.2, 0) is 21.3 Å². The number of guanidine groups is 1. The van der Waals surface area contributed by atoms with E-state index >= 15 is 0 Å². The predicted octanol–water partition coefficient (Wildman–Crippen LogP) is -1.54. The second kappa shape index (κ2) is 7.37. The maximum atomic E-state index is 11.6.